The molecule has 0 saturated carbocycles. The van der Waals surface area contributed by atoms with Crippen molar-refractivity contribution >= 4 is 44.3 Å². The number of nitrogens with one attached hydrogen (secondary N) is 2. The van der Waals surface area contributed by atoms with Crippen molar-refractivity contribution < 1.29 is 17.6 Å². The first-order valence-electron chi connectivity index (χ1n) is 10.7. The van der Waals surface area contributed by atoms with Crippen LogP contribution in [0.3, 0.4) is 0 Å². The quantitative estimate of drug-likeness (QED) is 0.332. The minimum Gasteiger partial charge on any atom is -0.468 e. The summed E-state index contributed by atoms with van der Waals surface area (Å²) in [6, 6.07) is 17.5. The lowest BCUT2D eigenvalue weighted by Gasteiger charge is -2.14. The molecule has 0 fully saturated rings. The van der Waals surface area contributed by atoms with E-state index in [0.717, 1.165) is 27.1 Å². The molecule has 4 rings (SSSR count). The van der Waals surface area contributed by atoms with Gasteiger partial charge in [0.2, 0.25) is 15.9 Å². The molecule has 0 saturated heterocycles. The molecule has 34 heavy (non-hydrogen) atoms. The molecule has 0 aliphatic heterocycles. The van der Waals surface area contributed by atoms with Crippen molar-refractivity contribution in [2.45, 2.75) is 42.5 Å². The summed E-state index contributed by atoms with van der Waals surface area (Å²) in [7, 11) is -3.70. The van der Waals surface area contributed by atoms with Crippen molar-refractivity contribution in [2.24, 2.45) is 0 Å². The zero-order valence-electron chi connectivity index (χ0n) is 19.0. The fraction of sp³-hybridized carbons (Fsp3) is 0.200. The Morgan fingerprint density at radius 1 is 1.06 bits per heavy atom. The van der Waals surface area contributed by atoms with Gasteiger partial charge in [-0.25, -0.2) is 18.1 Å². The Labute approximate surface area is 203 Å². The SMILES string of the molecule is Cc1cc(SC(C)C(=O)Nc2ccc(S(=O)(=O)NCc3ccco3)cc2)nc2c(C)cccc12. The van der Waals surface area contributed by atoms with Gasteiger partial charge >= 0.3 is 0 Å². The van der Waals surface area contributed by atoms with Crippen LogP contribution < -0.4 is 10.0 Å². The number of para-hydroxylation sites is 1. The molecule has 0 spiro atoms. The van der Waals surface area contributed by atoms with E-state index in [1.165, 1.54) is 30.2 Å². The number of carbonyl (C=O) groups excluding carboxylic acids is 1. The van der Waals surface area contributed by atoms with E-state index in [1.807, 2.05) is 45.0 Å². The molecule has 1 atom stereocenters. The highest BCUT2D eigenvalue weighted by atomic mass is 32.2. The van der Waals surface area contributed by atoms with E-state index >= 15 is 0 Å². The molecule has 0 aliphatic rings. The van der Waals surface area contributed by atoms with Crippen molar-refractivity contribution in [2.75, 3.05) is 5.32 Å². The topological polar surface area (TPSA) is 101 Å². The Kier molecular flexibility index (Phi) is 7.06. The van der Waals surface area contributed by atoms with E-state index in [2.05, 4.69) is 10.0 Å². The van der Waals surface area contributed by atoms with Gasteiger partial charge in [-0.05, 0) is 74.4 Å². The fourth-order valence-corrected chi connectivity index (χ4v) is 5.36. The minimum absolute atomic E-state index is 0.0599. The highest BCUT2D eigenvalue weighted by molar-refractivity contribution is 8.00. The number of benzene rings is 2. The van der Waals surface area contributed by atoms with Crippen LogP contribution >= 0.6 is 11.8 Å². The molecule has 1 unspecified atom stereocenters. The maximum Gasteiger partial charge on any atom is 0.240 e. The lowest BCUT2D eigenvalue weighted by Crippen LogP contribution is -2.24. The molecule has 0 bridgehead atoms. The summed E-state index contributed by atoms with van der Waals surface area (Å²) in [6.07, 6.45) is 1.48. The summed E-state index contributed by atoms with van der Waals surface area (Å²) in [5, 5.41) is 4.33. The van der Waals surface area contributed by atoms with Gasteiger partial charge in [0, 0.05) is 11.1 Å². The number of aromatic nitrogens is 1. The second kappa shape index (κ2) is 10.0. The highest BCUT2D eigenvalue weighted by Crippen LogP contribution is 2.28. The maximum absolute atomic E-state index is 12.7. The second-order valence-electron chi connectivity index (χ2n) is 7.93. The number of hydrogen-bond acceptors (Lipinski definition) is 6. The molecule has 2 heterocycles. The van der Waals surface area contributed by atoms with Crippen molar-refractivity contribution in [1.29, 1.82) is 0 Å². The Hall–Kier alpha value is -3.14. The minimum atomic E-state index is -3.70. The first-order chi connectivity index (χ1) is 16.2. The third kappa shape index (κ3) is 5.49. The number of sulfonamides is 1. The number of furan rings is 1. The summed E-state index contributed by atoms with van der Waals surface area (Å²) in [5.74, 6) is 0.325. The van der Waals surface area contributed by atoms with Crippen LogP contribution in [0.4, 0.5) is 5.69 Å². The van der Waals surface area contributed by atoms with Gasteiger partial charge in [-0.15, -0.1) is 0 Å². The fourth-order valence-electron chi connectivity index (χ4n) is 3.45. The van der Waals surface area contributed by atoms with Gasteiger partial charge in [-0.2, -0.15) is 0 Å². The van der Waals surface area contributed by atoms with Crippen LogP contribution in [0.2, 0.25) is 0 Å². The molecule has 176 valence electrons. The van der Waals surface area contributed by atoms with Crippen LogP contribution in [-0.2, 0) is 21.4 Å². The number of carbonyl (C=O) groups is 1. The molecule has 9 heteroatoms. The van der Waals surface area contributed by atoms with Crippen molar-refractivity contribution in [3.63, 3.8) is 0 Å². The van der Waals surface area contributed by atoms with Crippen LogP contribution in [0.1, 0.15) is 23.8 Å². The smallest absolute Gasteiger partial charge is 0.240 e. The number of hydrogen-bond donors (Lipinski definition) is 2. The predicted molar refractivity (Wildman–Crippen MR) is 134 cm³/mol. The number of thioether (sulfide) groups is 1. The van der Waals surface area contributed by atoms with Gasteiger partial charge in [-0.3, -0.25) is 4.79 Å². The Morgan fingerprint density at radius 3 is 2.53 bits per heavy atom. The molecule has 0 aliphatic carbocycles. The first-order valence-corrected chi connectivity index (χ1v) is 13.1. The molecule has 7 nitrogen and oxygen atoms in total. The normalized spacial score (nSPS) is 12.6. The van der Waals surface area contributed by atoms with E-state index < -0.39 is 15.3 Å². The van der Waals surface area contributed by atoms with Crippen LogP contribution in [0.15, 0.2) is 81.3 Å². The van der Waals surface area contributed by atoms with Gasteiger partial charge in [-0.1, -0.05) is 30.0 Å². The molecule has 1 amide bonds. The van der Waals surface area contributed by atoms with Crippen molar-refractivity contribution in [3.05, 3.63) is 83.8 Å². The van der Waals surface area contributed by atoms with E-state index in [0.29, 0.717) is 11.4 Å². The molecule has 2 N–H and O–H groups in total. The first kappa shape index (κ1) is 24.0. The van der Waals surface area contributed by atoms with Crippen LogP contribution in [0.25, 0.3) is 10.9 Å². The molecule has 4 aromatic rings. The summed E-state index contributed by atoms with van der Waals surface area (Å²) < 4.78 is 32.6. The van der Waals surface area contributed by atoms with Crippen LogP contribution in [-0.4, -0.2) is 24.6 Å². The number of anilines is 1. The third-order valence-electron chi connectivity index (χ3n) is 5.34. The molecular weight excluding hydrogens is 470 g/mol. The van der Waals surface area contributed by atoms with E-state index in [4.69, 9.17) is 9.40 Å². The zero-order valence-corrected chi connectivity index (χ0v) is 20.7. The van der Waals surface area contributed by atoms with Crippen LogP contribution in [0, 0.1) is 13.8 Å². The Balaban J connectivity index is 1.39. The van der Waals surface area contributed by atoms with Crippen molar-refractivity contribution in [1.82, 2.24) is 9.71 Å². The summed E-state index contributed by atoms with van der Waals surface area (Å²) in [5.41, 5.74) is 3.66. The van der Waals surface area contributed by atoms with Gasteiger partial charge in [0.05, 0.1) is 33.5 Å². The highest BCUT2D eigenvalue weighted by Gasteiger charge is 2.18. The third-order valence-corrected chi connectivity index (χ3v) is 7.78. The predicted octanol–water partition coefficient (Wildman–Crippen LogP) is 5.04. The molecular formula is C25H25N3O4S2. The zero-order chi connectivity index (χ0) is 24.3. The lowest BCUT2D eigenvalue weighted by molar-refractivity contribution is -0.115. The number of rotatable bonds is 8. The average molecular weight is 496 g/mol. The summed E-state index contributed by atoms with van der Waals surface area (Å²) >= 11 is 1.38. The Morgan fingerprint density at radius 2 is 1.82 bits per heavy atom. The maximum atomic E-state index is 12.7. The van der Waals surface area contributed by atoms with E-state index in [-0.39, 0.29) is 17.3 Å². The number of aryl methyl sites for hydroxylation is 2. The largest absolute Gasteiger partial charge is 0.468 e. The van der Waals surface area contributed by atoms with Gasteiger partial charge in [0.25, 0.3) is 0 Å². The van der Waals surface area contributed by atoms with E-state index in [1.54, 1.807) is 24.3 Å². The van der Waals surface area contributed by atoms with E-state index in [9.17, 15) is 13.2 Å². The number of fused-ring (bicyclic) bond motifs is 1. The molecule has 2 aromatic carbocycles. The monoisotopic (exact) mass is 495 g/mol. The number of amides is 1. The van der Waals surface area contributed by atoms with Gasteiger partial charge in [0.15, 0.2) is 0 Å². The number of nitrogens with zero attached hydrogens (tertiary/aromatic N) is 1. The molecule has 2 aromatic heterocycles. The van der Waals surface area contributed by atoms with Gasteiger partial charge in [0.1, 0.15) is 5.76 Å². The average Bonchev–Trinajstić information content (AvgIpc) is 3.33. The lowest BCUT2D eigenvalue weighted by atomic mass is 10.1. The number of pyridine rings is 1. The second-order valence-corrected chi connectivity index (χ2v) is 11.1. The Bertz CT molecular complexity index is 1420. The standard InChI is InChI=1S/C25H25N3O4S2/c1-16-6-4-8-22-17(2)14-23(28-24(16)22)33-18(3)25(29)27-19-9-11-21(12-10-19)34(30,31)26-15-20-7-5-13-32-20/h4-14,18,26H,15H2,1-3H3,(H,27,29). The summed E-state index contributed by atoms with van der Waals surface area (Å²) in [4.78, 5) is 17.6. The summed E-state index contributed by atoms with van der Waals surface area (Å²) in [6.45, 7) is 5.94. The molecule has 0 radical (unpaired) electrons. The van der Waals surface area contributed by atoms with Crippen molar-refractivity contribution in [3.8, 4) is 0 Å². The van der Waals surface area contributed by atoms with Crippen LogP contribution in [0.5, 0.6) is 0 Å². The van der Waals surface area contributed by atoms with Gasteiger partial charge < -0.3 is 9.73 Å².